The van der Waals surface area contributed by atoms with Crippen molar-refractivity contribution in [2.75, 3.05) is 0 Å². The van der Waals surface area contributed by atoms with Crippen LogP contribution in [0.25, 0.3) is 0 Å². The molecule has 0 spiro atoms. The fourth-order valence-electron chi connectivity index (χ4n) is 1.35. The van der Waals surface area contributed by atoms with Gasteiger partial charge in [-0.2, -0.15) is 12.6 Å². The first-order valence-corrected chi connectivity index (χ1v) is 6.05. The van der Waals surface area contributed by atoms with E-state index >= 15 is 0 Å². The van der Waals surface area contributed by atoms with Gasteiger partial charge < -0.3 is 0 Å². The van der Waals surface area contributed by atoms with Crippen LogP contribution in [0.4, 0.5) is 0 Å². The number of benzene rings is 1. The summed E-state index contributed by atoms with van der Waals surface area (Å²) in [5.41, 5.74) is 2.82. The van der Waals surface area contributed by atoms with Crippen LogP contribution in [0.15, 0.2) is 24.3 Å². The van der Waals surface area contributed by atoms with Crippen molar-refractivity contribution in [2.24, 2.45) is 5.92 Å². The van der Waals surface area contributed by atoms with Crippen LogP contribution in [0.2, 0.25) is 0 Å². The Morgan fingerprint density at radius 2 is 1.57 bits per heavy atom. The SMILES string of the molecule is CC.CC(C)Cc1ccccc1CS. The number of hydrogen-bond donors (Lipinski definition) is 1. The lowest BCUT2D eigenvalue weighted by Crippen LogP contribution is -1.97. The highest BCUT2D eigenvalue weighted by molar-refractivity contribution is 7.79. The van der Waals surface area contributed by atoms with Gasteiger partial charge in [-0.25, -0.2) is 0 Å². The standard InChI is InChI=1S/C11H16S.C2H6/c1-9(2)7-10-5-3-4-6-11(10)8-12;1-2/h3-6,9,12H,7-8H2,1-2H3;1-2H3. The summed E-state index contributed by atoms with van der Waals surface area (Å²) in [5.74, 6) is 1.58. The maximum absolute atomic E-state index is 4.30. The third-order valence-electron chi connectivity index (χ3n) is 1.92. The maximum atomic E-state index is 4.30. The zero-order valence-corrected chi connectivity index (χ0v) is 10.6. The largest absolute Gasteiger partial charge is 0.175 e. The lowest BCUT2D eigenvalue weighted by Gasteiger charge is -2.08. The zero-order chi connectivity index (χ0) is 11.0. The van der Waals surface area contributed by atoms with Crippen molar-refractivity contribution in [3.8, 4) is 0 Å². The fraction of sp³-hybridized carbons (Fsp3) is 0.538. The Morgan fingerprint density at radius 3 is 2.00 bits per heavy atom. The van der Waals surface area contributed by atoms with Gasteiger partial charge in [0.1, 0.15) is 0 Å². The van der Waals surface area contributed by atoms with Gasteiger partial charge in [0.25, 0.3) is 0 Å². The van der Waals surface area contributed by atoms with E-state index in [0.717, 1.165) is 18.1 Å². The van der Waals surface area contributed by atoms with Crippen LogP contribution in [0, 0.1) is 5.92 Å². The first-order chi connectivity index (χ1) is 6.74. The molecule has 0 atom stereocenters. The van der Waals surface area contributed by atoms with Crippen LogP contribution < -0.4 is 0 Å². The second kappa shape index (κ2) is 7.93. The van der Waals surface area contributed by atoms with Crippen molar-refractivity contribution in [3.05, 3.63) is 35.4 Å². The van der Waals surface area contributed by atoms with Gasteiger partial charge in [0.15, 0.2) is 0 Å². The zero-order valence-electron chi connectivity index (χ0n) is 9.75. The summed E-state index contributed by atoms with van der Waals surface area (Å²) in [6, 6.07) is 8.54. The molecule has 14 heavy (non-hydrogen) atoms. The molecule has 0 bridgehead atoms. The number of thiol groups is 1. The average molecular weight is 210 g/mol. The van der Waals surface area contributed by atoms with Gasteiger partial charge in [-0.3, -0.25) is 0 Å². The smallest absolute Gasteiger partial charge is 0.0157 e. The molecule has 1 aromatic rings. The van der Waals surface area contributed by atoms with Crippen molar-refractivity contribution in [3.63, 3.8) is 0 Å². The fourth-order valence-corrected chi connectivity index (χ4v) is 1.66. The summed E-state index contributed by atoms with van der Waals surface area (Å²) in [6.07, 6.45) is 1.16. The molecule has 0 amide bonds. The van der Waals surface area contributed by atoms with Crippen LogP contribution in [-0.4, -0.2) is 0 Å². The molecule has 0 heterocycles. The Morgan fingerprint density at radius 1 is 1.07 bits per heavy atom. The van der Waals surface area contributed by atoms with Gasteiger partial charge in [0, 0.05) is 5.75 Å². The van der Waals surface area contributed by atoms with Crippen LogP contribution in [-0.2, 0) is 12.2 Å². The third-order valence-corrected chi connectivity index (χ3v) is 2.26. The van der Waals surface area contributed by atoms with Crippen LogP contribution >= 0.6 is 12.6 Å². The van der Waals surface area contributed by atoms with E-state index in [2.05, 4.69) is 50.7 Å². The van der Waals surface area contributed by atoms with Crippen molar-refractivity contribution in [1.82, 2.24) is 0 Å². The molecule has 0 saturated carbocycles. The van der Waals surface area contributed by atoms with Crippen LogP contribution in [0.3, 0.4) is 0 Å². The van der Waals surface area contributed by atoms with E-state index in [4.69, 9.17) is 0 Å². The van der Waals surface area contributed by atoms with Gasteiger partial charge in [-0.05, 0) is 23.5 Å². The molecule has 1 heteroatoms. The molecule has 0 aliphatic rings. The molecule has 0 aliphatic heterocycles. The second-order valence-corrected chi connectivity index (χ2v) is 3.84. The molecule has 1 aromatic carbocycles. The molecule has 0 aromatic heterocycles. The van der Waals surface area contributed by atoms with E-state index < -0.39 is 0 Å². The molecule has 0 unspecified atom stereocenters. The Balaban J connectivity index is 0.000000791. The highest BCUT2D eigenvalue weighted by atomic mass is 32.1. The predicted molar refractivity (Wildman–Crippen MR) is 69.0 cm³/mol. The van der Waals surface area contributed by atoms with E-state index in [-0.39, 0.29) is 0 Å². The van der Waals surface area contributed by atoms with Crippen LogP contribution in [0.1, 0.15) is 38.8 Å². The first kappa shape index (κ1) is 13.6. The minimum atomic E-state index is 0.728. The Labute approximate surface area is 94.1 Å². The maximum Gasteiger partial charge on any atom is 0.0157 e. The van der Waals surface area contributed by atoms with E-state index in [0.29, 0.717) is 0 Å². The molecule has 80 valence electrons. The van der Waals surface area contributed by atoms with Crippen molar-refractivity contribution in [2.45, 2.75) is 39.9 Å². The molecule has 0 nitrogen and oxygen atoms in total. The third kappa shape index (κ3) is 4.71. The highest BCUT2D eigenvalue weighted by Crippen LogP contribution is 2.15. The minimum Gasteiger partial charge on any atom is -0.175 e. The lowest BCUT2D eigenvalue weighted by atomic mass is 9.99. The van der Waals surface area contributed by atoms with Gasteiger partial charge in [-0.15, -0.1) is 0 Å². The predicted octanol–water partition coefficient (Wildman–Crippen LogP) is 4.34. The van der Waals surface area contributed by atoms with Gasteiger partial charge in [-0.1, -0.05) is 52.0 Å². The second-order valence-electron chi connectivity index (χ2n) is 3.52. The lowest BCUT2D eigenvalue weighted by molar-refractivity contribution is 0.644. The molecule has 1 rings (SSSR count). The Hall–Kier alpha value is -0.430. The molecule has 0 fully saturated rings. The van der Waals surface area contributed by atoms with E-state index in [9.17, 15) is 0 Å². The van der Waals surface area contributed by atoms with E-state index in [1.165, 1.54) is 11.1 Å². The monoisotopic (exact) mass is 210 g/mol. The molecule has 0 radical (unpaired) electrons. The van der Waals surface area contributed by atoms with E-state index in [1.807, 2.05) is 13.8 Å². The van der Waals surface area contributed by atoms with Gasteiger partial charge >= 0.3 is 0 Å². The summed E-state index contributed by atoms with van der Waals surface area (Å²) in [4.78, 5) is 0. The topological polar surface area (TPSA) is 0 Å². The Kier molecular flexibility index (Phi) is 7.68. The molecular weight excluding hydrogens is 188 g/mol. The average Bonchev–Trinajstić information content (AvgIpc) is 2.21. The van der Waals surface area contributed by atoms with Gasteiger partial charge in [0.2, 0.25) is 0 Å². The molecular formula is C13H22S. The summed E-state index contributed by atoms with van der Waals surface area (Å²) in [5, 5.41) is 0. The van der Waals surface area contributed by atoms with Crippen molar-refractivity contribution < 1.29 is 0 Å². The minimum absolute atomic E-state index is 0.728. The molecule has 0 saturated heterocycles. The first-order valence-electron chi connectivity index (χ1n) is 5.41. The van der Waals surface area contributed by atoms with Crippen molar-refractivity contribution in [1.29, 1.82) is 0 Å². The normalized spacial score (nSPS) is 9.57. The summed E-state index contributed by atoms with van der Waals surface area (Å²) < 4.78 is 0. The summed E-state index contributed by atoms with van der Waals surface area (Å²) >= 11 is 4.30. The molecule has 0 aliphatic carbocycles. The Bertz CT molecular complexity index is 241. The van der Waals surface area contributed by atoms with Gasteiger partial charge in [0.05, 0.1) is 0 Å². The summed E-state index contributed by atoms with van der Waals surface area (Å²) in [7, 11) is 0. The summed E-state index contributed by atoms with van der Waals surface area (Å²) in [6.45, 7) is 8.49. The van der Waals surface area contributed by atoms with E-state index in [1.54, 1.807) is 0 Å². The highest BCUT2D eigenvalue weighted by Gasteiger charge is 2.01. The van der Waals surface area contributed by atoms with Crippen LogP contribution in [0.5, 0.6) is 0 Å². The number of hydrogen-bond acceptors (Lipinski definition) is 1. The quantitative estimate of drug-likeness (QED) is 0.705. The molecule has 0 N–H and O–H groups in total. The number of rotatable bonds is 3. The van der Waals surface area contributed by atoms with Crippen molar-refractivity contribution >= 4 is 12.6 Å².